The van der Waals surface area contributed by atoms with Gasteiger partial charge in [-0.2, -0.15) is 0 Å². The summed E-state index contributed by atoms with van der Waals surface area (Å²) in [5.74, 6) is -0.987. The first kappa shape index (κ1) is 26.5. The zero-order chi connectivity index (χ0) is 26.6. The van der Waals surface area contributed by atoms with Crippen LogP contribution in [-0.2, 0) is 14.3 Å². The van der Waals surface area contributed by atoms with Crippen molar-refractivity contribution in [3.63, 3.8) is 0 Å². The maximum atomic E-state index is 13.5. The van der Waals surface area contributed by atoms with Gasteiger partial charge in [0.25, 0.3) is 0 Å². The number of hydrogen-bond donors (Lipinski definition) is 2. The van der Waals surface area contributed by atoms with Crippen molar-refractivity contribution >= 4 is 18.2 Å². The lowest BCUT2D eigenvalue weighted by atomic mass is 9.98. The average molecular weight is 509 g/mol. The van der Waals surface area contributed by atoms with E-state index in [1.54, 1.807) is 25.7 Å². The van der Waals surface area contributed by atoms with Crippen LogP contribution < -0.4 is 5.32 Å². The first-order valence-corrected chi connectivity index (χ1v) is 13.0. The second-order valence-electron chi connectivity index (χ2n) is 10.7. The number of carboxylic acids is 1. The number of amides is 2. The fourth-order valence-corrected chi connectivity index (χ4v) is 5.41. The zero-order valence-electron chi connectivity index (χ0n) is 21.7. The lowest BCUT2D eigenvalue weighted by Crippen LogP contribution is -2.52. The minimum absolute atomic E-state index is 0.0516. The van der Waals surface area contributed by atoms with E-state index < -0.39 is 23.8 Å². The number of fused-ring (bicyclic) bond motifs is 3. The molecule has 1 fully saturated rings. The van der Waals surface area contributed by atoms with Gasteiger partial charge in [0.2, 0.25) is 0 Å². The Morgan fingerprint density at radius 2 is 1.62 bits per heavy atom. The van der Waals surface area contributed by atoms with Crippen molar-refractivity contribution in [1.29, 1.82) is 0 Å². The molecule has 2 amide bonds. The monoisotopic (exact) mass is 508 g/mol. The number of ether oxygens (including phenoxy) is 2. The number of carbonyl (C=O) groups is 3. The van der Waals surface area contributed by atoms with Crippen molar-refractivity contribution in [3.05, 3.63) is 59.7 Å². The number of rotatable bonds is 8. The number of alkyl carbamates (subject to hydrolysis) is 1. The standard InChI is InChI=1S/C29H36N2O6/c1-29(2,3)37-27(34)30-24-14-8-15-25(24)31(17-9-16-26(32)33)28(35)36-18-23-21-12-6-4-10-19(21)20-11-5-7-13-22(20)23/h4-7,10-13,23-25H,8-9,14-18H2,1-3H3,(H,30,34)(H,32,33). The second-order valence-corrected chi connectivity index (χ2v) is 10.7. The molecule has 1 saturated carbocycles. The molecule has 2 aromatic carbocycles. The summed E-state index contributed by atoms with van der Waals surface area (Å²) in [6.07, 6.45) is 1.46. The lowest BCUT2D eigenvalue weighted by molar-refractivity contribution is -0.137. The summed E-state index contributed by atoms with van der Waals surface area (Å²) in [6, 6.07) is 15.7. The fraction of sp³-hybridized carbons (Fsp3) is 0.483. The van der Waals surface area contributed by atoms with E-state index >= 15 is 0 Å². The highest BCUT2D eigenvalue weighted by Crippen LogP contribution is 2.44. The maximum absolute atomic E-state index is 13.5. The van der Waals surface area contributed by atoms with Crippen LogP contribution in [-0.4, -0.2) is 59.0 Å². The average Bonchev–Trinajstić information content (AvgIpc) is 3.41. The van der Waals surface area contributed by atoms with Gasteiger partial charge in [0.1, 0.15) is 12.2 Å². The van der Waals surface area contributed by atoms with Crippen molar-refractivity contribution < 1.29 is 29.0 Å². The molecule has 2 atom stereocenters. The molecular formula is C29H36N2O6. The zero-order valence-corrected chi connectivity index (χ0v) is 21.7. The lowest BCUT2D eigenvalue weighted by Gasteiger charge is -2.33. The van der Waals surface area contributed by atoms with Crippen molar-refractivity contribution in [2.75, 3.05) is 13.2 Å². The van der Waals surface area contributed by atoms with E-state index in [9.17, 15) is 14.4 Å². The summed E-state index contributed by atoms with van der Waals surface area (Å²) < 4.78 is 11.3. The molecule has 0 bridgehead atoms. The summed E-state index contributed by atoms with van der Waals surface area (Å²) in [5.41, 5.74) is 3.91. The molecule has 0 heterocycles. The third-order valence-corrected chi connectivity index (χ3v) is 6.94. The van der Waals surface area contributed by atoms with E-state index in [1.165, 1.54) is 0 Å². The molecule has 198 valence electrons. The molecule has 2 aliphatic carbocycles. The number of carbonyl (C=O) groups excluding carboxylic acids is 2. The molecule has 0 radical (unpaired) electrons. The van der Waals surface area contributed by atoms with Gasteiger partial charge in [0.15, 0.2) is 0 Å². The van der Waals surface area contributed by atoms with Gasteiger partial charge >= 0.3 is 18.2 Å². The number of nitrogens with one attached hydrogen (secondary N) is 1. The van der Waals surface area contributed by atoms with Gasteiger partial charge in [-0.3, -0.25) is 4.79 Å². The molecule has 0 saturated heterocycles. The number of carboxylic acid groups (broad SMARTS) is 1. The van der Waals surface area contributed by atoms with Crippen LogP contribution in [0, 0.1) is 0 Å². The molecule has 2 N–H and O–H groups in total. The molecule has 8 heteroatoms. The Hall–Kier alpha value is -3.55. The molecule has 4 rings (SSSR count). The van der Waals surface area contributed by atoms with Crippen LogP contribution in [0.4, 0.5) is 9.59 Å². The van der Waals surface area contributed by atoms with Crippen LogP contribution in [0.1, 0.15) is 69.9 Å². The van der Waals surface area contributed by atoms with E-state index in [4.69, 9.17) is 14.6 Å². The van der Waals surface area contributed by atoms with Crippen LogP contribution in [0.5, 0.6) is 0 Å². The van der Waals surface area contributed by atoms with Crippen LogP contribution in [0.3, 0.4) is 0 Å². The predicted molar refractivity (Wildman–Crippen MR) is 139 cm³/mol. The Kier molecular flexibility index (Phi) is 8.05. The highest BCUT2D eigenvalue weighted by atomic mass is 16.6. The summed E-state index contributed by atoms with van der Waals surface area (Å²) in [6.45, 7) is 5.81. The summed E-state index contributed by atoms with van der Waals surface area (Å²) in [7, 11) is 0. The molecule has 2 aliphatic rings. The number of nitrogens with zero attached hydrogens (tertiary/aromatic N) is 1. The number of hydrogen-bond acceptors (Lipinski definition) is 5. The van der Waals surface area contributed by atoms with Crippen LogP contribution in [0.25, 0.3) is 11.1 Å². The molecule has 0 aromatic heterocycles. The van der Waals surface area contributed by atoms with Gasteiger partial charge < -0.3 is 24.8 Å². The molecular weight excluding hydrogens is 472 g/mol. The Labute approximate surface area is 217 Å². The molecule has 0 spiro atoms. The van der Waals surface area contributed by atoms with Gasteiger partial charge in [0, 0.05) is 18.9 Å². The van der Waals surface area contributed by atoms with Crippen molar-refractivity contribution in [2.45, 2.75) is 76.5 Å². The fourth-order valence-electron chi connectivity index (χ4n) is 5.41. The largest absolute Gasteiger partial charge is 0.481 e. The van der Waals surface area contributed by atoms with E-state index in [0.29, 0.717) is 19.3 Å². The Bertz CT molecular complexity index is 1100. The number of aliphatic carboxylic acids is 1. The van der Waals surface area contributed by atoms with E-state index in [-0.39, 0.29) is 37.6 Å². The molecule has 2 aromatic rings. The highest BCUT2D eigenvalue weighted by molar-refractivity contribution is 5.79. The maximum Gasteiger partial charge on any atom is 0.410 e. The molecule has 2 unspecified atom stereocenters. The van der Waals surface area contributed by atoms with Gasteiger partial charge in [0.05, 0.1) is 12.1 Å². The van der Waals surface area contributed by atoms with Gasteiger partial charge in [-0.05, 0) is 68.7 Å². The Morgan fingerprint density at radius 3 is 2.22 bits per heavy atom. The first-order chi connectivity index (χ1) is 17.6. The van der Waals surface area contributed by atoms with E-state index in [0.717, 1.165) is 28.7 Å². The van der Waals surface area contributed by atoms with Crippen LogP contribution in [0.15, 0.2) is 48.5 Å². The summed E-state index contributed by atoms with van der Waals surface area (Å²) in [5, 5.41) is 12.1. The van der Waals surface area contributed by atoms with E-state index in [2.05, 4.69) is 29.6 Å². The van der Waals surface area contributed by atoms with Gasteiger partial charge in [-0.15, -0.1) is 0 Å². The first-order valence-electron chi connectivity index (χ1n) is 13.0. The third-order valence-electron chi connectivity index (χ3n) is 6.94. The third kappa shape index (κ3) is 6.42. The molecule has 37 heavy (non-hydrogen) atoms. The second kappa shape index (κ2) is 11.2. The van der Waals surface area contributed by atoms with Crippen molar-refractivity contribution in [2.24, 2.45) is 0 Å². The SMILES string of the molecule is CC(C)(C)OC(=O)NC1CCCC1N(CCCC(=O)O)C(=O)OCC1c2ccccc2-c2ccccc21. The molecule has 8 nitrogen and oxygen atoms in total. The van der Waals surface area contributed by atoms with Crippen molar-refractivity contribution in [3.8, 4) is 11.1 Å². The van der Waals surface area contributed by atoms with Crippen molar-refractivity contribution in [1.82, 2.24) is 10.2 Å². The Morgan fingerprint density at radius 1 is 1.00 bits per heavy atom. The van der Waals surface area contributed by atoms with Gasteiger partial charge in [-0.25, -0.2) is 9.59 Å². The predicted octanol–water partition coefficient (Wildman–Crippen LogP) is 5.55. The van der Waals surface area contributed by atoms with Crippen LogP contribution >= 0.6 is 0 Å². The number of benzene rings is 2. The normalized spacial score (nSPS) is 18.6. The summed E-state index contributed by atoms with van der Waals surface area (Å²) >= 11 is 0. The Balaban J connectivity index is 1.48. The minimum atomic E-state index is -0.915. The van der Waals surface area contributed by atoms with E-state index in [1.807, 2.05) is 24.3 Å². The van der Waals surface area contributed by atoms with Crippen LogP contribution in [0.2, 0.25) is 0 Å². The molecule has 0 aliphatic heterocycles. The van der Waals surface area contributed by atoms with Gasteiger partial charge in [-0.1, -0.05) is 48.5 Å². The highest BCUT2D eigenvalue weighted by Gasteiger charge is 2.38. The summed E-state index contributed by atoms with van der Waals surface area (Å²) in [4.78, 5) is 38.6. The minimum Gasteiger partial charge on any atom is -0.481 e. The smallest absolute Gasteiger partial charge is 0.410 e. The topological polar surface area (TPSA) is 105 Å². The quantitative estimate of drug-likeness (QED) is 0.485.